The molecule has 3 rings (SSSR count). The monoisotopic (exact) mass is 474 g/mol. The molecule has 1 amide bonds. The van der Waals surface area contributed by atoms with E-state index in [0.717, 1.165) is 5.69 Å². The molecule has 1 aliphatic heterocycles. The zero-order valence-electron chi connectivity index (χ0n) is 17.0. The molecule has 2 N–H and O–H groups in total. The van der Waals surface area contributed by atoms with Crippen molar-refractivity contribution in [2.24, 2.45) is 5.73 Å². The Kier molecular flexibility index (Phi) is 8.16. The number of hydrogen-bond donors (Lipinski definition) is 1. The molecule has 0 spiro atoms. The number of carbonyl (C=O) groups excluding carboxylic acids is 2. The van der Waals surface area contributed by atoms with Crippen LogP contribution in [-0.2, 0) is 17.7 Å². The molecule has 1 aromatic carbocycles. The lowest BCUT2D eigenvalue weighted by molar-refractivity contribution is 0.0500. The fourth-order valence-corrected chi connectivity index (χ4v) is 3.76. The van der Waals surface area contributed by atoms with Crippen molar-refractivity contribution in [2.45, 2.75) is 45.8 Å². The van der Waals surface area contributed by atoms with Crippen LogP contribution in [0.3, 0.4) is 0 Å². The van der Waals surface area contributed by atoms with Crippen LogP contribution in [0.5, 0.6) is 0 Å². The highest BCUT2D eigenvalue weighted by molar-refractivity contribution is 6.42. The zero-order chi connectivity index (χ0) is 21.3. The van der Waals surface area contributed by atoms with E-state index >= 15 is 0 Å². The van der Waals surface area contributed by atoms with Crippen LogP contribution in [0.15, 0.2) is 18.2 Å². The summed E-state index contributed by atoms with van der Waals surface area (Å²) in [7, 11) is 0. The van der Waals surface area contributed by atoms with Crippen LogP contribution >= 0.6 is 35.6 Å². The Morgan fingerprint density at radius 1 is 1.33 bits per heavy atom. The first-order valence-corrected chi connectivity index (χ1v) is 10.3. The SMILES string of the molecule is CCOC(=O)c1c2c(nn1[C@H](C)CN)C[C@@H](C)N(C(=O)c1ccc(Cl)c(Cl)c1)C2.Cl. The van der Waals surface area contributed by atoms with Gasteiger partial charge in [0.1, 0.15) is 0 Å². The average molecular weight is 476 g/mol. The summed E-state index contributed by atoms with van der Waals surface area (Å²) in [6, 6.07) is 4.53. The quantitative estimate of drug-likeness (QED) is 0.662. The molecule has 0 saturated carbocycles. The standard InChI is InChI=1S/C20H24Cl2N4O3.ClH/c1-4-29-20(28)18-14-10-25(19(27)13-5-6-15(21)16(22)8-13)11(2)7-17(14)24-26(18)12(3)9-23;/h5-6,8,11-12H,4,7,9-10,23H2,1-3H3;1H/t11-,12-;/m1./s1. The number of benzene rings is 1. The molecule has 7 nitrogen and oxygen atoms in total. The minimum absolute atomic E-state index is 0. The van der Waals surface area contributed by atoms with E-state index in [1.54, 1.807) is 34.7 Å². The lowest BCUT2D eigenvalue weighted by atomic mass is 9.98. The molecular weight excluding hydrogens is 451 g/mol. The lowest BCUT2D eigenvalue weighted by Gasteiger charge is -2.33. The van der Waals surface area contributed by atoms with Crippen molar-refractivity contribution < 1.29 is 14.3 Å². The molecule has 0 unspecified atom stereocenters. The molecule has 0 bridgehead atoms. The number of fused-ring (bicyclic) bond motifs is 1. The number of nitrogens with zero attached hydrogens (tertiary/aromatic N) is 3. The van der Waals surface area contributed by atoms with Gasteiger partial charge in [0.25, 0.3) is 5.91 Å². The molecule has 10 heteroatoms. The van der Waals surface area contributed by atoms with E-state index in [2.05, 4.69) is 5.10 Å². The summed E-state index contributed by atoms with van der Waals surface area (Å²) in [5.74, 6) is -0.644. The molecule has 0 radical (unpaired) electrons. The minimum Gasteiger partial charge on any atom is -0.461 e. The van der Waals surface area contributed by atoms with E-state index in [-0.39, 0.29) is 43.5 Å². The van der Waals surface area contributed by atoms with Gasteiger partial charge in [-0.1, -0.05) is 23.2 Å². The first-order valence-electron chi connectivity index (χ1n) is 9.51. The van der Waals surface area contributed by atoms with E-state index in [9.17, 15) is 9.59 Å². The summed E-state index contributed by atoms with van der Waals surface area (Å²) in [6.07, 6.45) is 0.527. The van der Waals surface area contributed by atoms with Crippen LogP contribution in [-0.4, -0.2) is 45.8 Å². The third-order valence-electron chi connectivity index (χ3n) is 5.10. The van der Waals surface area contributed by atoms with Crippen molar-refractivity contribution in [1.82, 2.24) is 14.7 Å². The van der Waals surface area contributed by atoms with Gasteiger partial charge in [0.2, 0.25) is 0 Å². The van der Waals surface area contributed by atoms with Gasteiger partial charge in [-0.15, -0.1) is 12.4 Å². The molecular formula is C20H25Cl3N4O3. The predicted octanol–water partition coefficient (Wildman–Crippen LogP) is 3.90. The highest BCUT2D eigenvalue weighted by atomic mass is 35.5. The number of aromatic nitrogens is 2. The smallest absolute Gasteiger partial charge is 0.356 e. The molecule has 2 atom stereocenters. The first kappa shape index (κ1) is 24.5. The molecule has 1 aromatic heterocycles. The Hall–Kier alpha value is -1.80. The summed E-state index contributed by atoms with van der Waals surface area (Å²) >= 11 is 12.0. The van der Waals surface area contributed by atoms with Gasteiger partial charge in [0, 0.05) is 30.1 Å². The number of rotatable bonds is 5. The molecule has 2 heterocycles. The number of carbonyl (C=O) groups is 2. The number of ether oxygens (including phenoxy) is 1. The van der Waals surface area contributed by atoms with E-state index in [1.807, 2.05) is 13.8 Å². The minimum atomic E-state index is -0.460. The van der Waals surface area contributed by atoms with Gasteiger partial charge in [-0.25, -0.2) is 4.79 Å². The second-order valence-corrected chi connectivity index (χ2v) is 7.95. The summed E-state index contributed by atoms with van der Waals surface area (Å²) in [5, 5.41) is 5.33. The van der Waals surface area contributed by atoms with E-state index < -0.39 is 5.97 Å². The maximum absolute atomic E-state index is 13.1. The zero-order valence-corrected chi connectivity index (χ0v) is 19.4. The first-order chi connectivity index (χ1) is 13.8. The highest BCUT2D eigenvalue weighted by Crippen LogP contribution is 2.30. The second-order valence-electron chi connectivity index (χ2n) is 7.14. The van der Waals surface area contributed by atoms with Crippen molar-refractivity contribution in [3.8, 4) is 0 Å². The number of esters is 1. The molecule has 0 fully saturated rings. The third kappa shape index (κ3) is 4.59. The van der Waals surface area contributed by atoms with E-state index in [1.165, 1.54) is 0 Å². The van der Waals surface area contributed by atoms with Crippen molar-refractivity contribution in [1.29, 1.82) is 0 Å². The van der Waals surface area contributed by atoms with Gasteiger partial charge in [-0.05, 0) is 39.0 Å². The van der Waals surface area contributed by atoms with Crippen LogP contribution in [0.1, 0.15) is 58.9 Å². The summed E-state index contributed by atoms with van der Waals surface area (Å²) in [5.41, 5.74) is 8.10. The second kappa shape index (κ2) is 10.0. The number of nitrogens with two attached hydrogens (primary N) is 1. The van der Waals surface area contributed by atoms with Gasteiger partial charge in [-0.3, -0.25) is 9.48 Å². The maximum atomic E-state index is 13.1. The maximum Gasteiger partial charge on any atom is 0.356 e. The van der Waals surface area contributed by atoms with Crippen LogP contribution in [0.25, 0.3) is 0 Å². The topological polar surface area (TPSA) is 90.4 Å². The van der Waals surface area contributed by atoms with Crippen molar-refractivity contribution in [3.05, 3.63) is 50.8 Å². The molecule has 1 aliphatic rings. The van der Waals surface area contributed by atoms with Gasteiger partial charge in [0.15, 0.2) is 5.69 Å². The largest absolute Gasteiger partial charge is 0.461 e. The summed E-state index contributed by atoms with van der Waals surface area (Å²) in [6.45, 7) is 6.42. The Morgan fingerprint density at radius 3 is 2.63 bits per heavy atom. The highest BCUT2D eigenvalue weighted by Gasteiger charge is 2.35. The molecule has 164 valence electrons. The Labute approximate surface area is 191 Å². The fourth-order valence-electron chi connectivity index (χ4n) is 3.46. The van der Waals surface area contributed by atoms with Crippen molar-refractivity contribution in [3.63, 3.8) is 0 Å². The van der Waals surface area contributed by atoms with Crippen LogP contribution < -0.4 is 5.73 Å². The fraction of sp³-hybridized carbons (Fsp3) is 0.450. The molecule has 0 aliphatic carbocycles. The Bertz CT molecular complexity index is 948. The third-order valence-corrected chi connectivity index (χ3v) is 5.83. The summed E-state index contributed by atoms with van der Waals surface area (Å²) in [4.78, 5) is 27.5. The summed E-state index contributed by atoms with van der Waals surface area (Å²) < 4.78 is 6.88. The van der Waals surface area contributed by atoms with Crippen LogP contribution in [0, 0.1) is 0 Å². The van der Waals surface area contributed by atoms with Gasteiger partial charge < -0.3 is 15.4 Å². The normalized spacial score (nSPS) is 16.5. The van der Waals surface area contributed by atoms with Crippen molar-refractivity contribution >= 4 is 47.5 Å². The lowest BCUT2D eigenvalue weighted by Crippen LogP contribution is -2.42. The van der Waals surface area contributed by atoms with Gasteiger partial charge in [-0.2, -0.15) is 5.10 Å². The molecule has 2 aromatic rings. The number of halogens is 3. The predicted molar refractivity (Wildman–Crippen MR) is 119 cm³/mol. The number of hydrogen-bond acceptors (Lipinski definition) is 5. The van der Waals surface area contributed by atoms with Gasteiger partial charge >= 0.3 is 5.97 Å². The molecule has 30 heavy (non-hydrogen) atoms. The number of amides is 1. The average Bonchev–Trinajstić information content (AvgIpc) is 3.06. The van der Waals surface area contributed by atoms with Crippen LogP contribution in [0.4, 0.5) is 0 Å². The Balaban J connectivity index is 0.00000320. The van der Waals surface area contributed by atoms with Crippen LogP contribution in [0.2, 0.25) is 10.0 Å². The Morgan fingerprint density at radius 2 is 2.03 bits per heavy atom. The van der Waals surface area contributed by atoms with E-state index in [4.69, 9.17) is 33.7 Å². The molecule has 0 saturated heterocycles. The van der Waals surface area contributed by atoms with E-state index in [0.29, 0.717) is 39.8 Å². The van der Waals surface area contributed by atoms with Gasteiger partial charge in [0.05, 0.1) is 34.9 Å². The van der Waals surface area contributed by atoms with Crippen molar-refractivity contribution in [2.75, 3.05) is 13.2 Å².